The van der Waals surface area contributed by atoms with Crippen molar-refractivity contribution in [3.05, 3.63) is 83.5 Å². The van der Waals surface area contributed by atoms with Crippen LogP contribution in [0.2, 0.25) is 0 Å². The first kappa shape index (κ1) is 25.4. The summed E-state index contributed by atoms with van der Waals surface area (Å²) >= 11 is 1.48. The van der Waals surface area contributed by atoms with E-state index in [1.807, 2.05) is 31.2 Å². The molecule has 0 aliphatic carbocycles. The molecule has 2 aromatic carbocycles. The Hall–Kier alpha value is -4.25. The second-order valence-corrected chi connectivity index (χ2v) is 9.77. The number of ketones is 1. The zero-order valence-electron chi connectivity index (χ0n) is 21.1. The minimum absolute atomic E-state index is 0.0386. The number of ether oxygens (including phenoxy) is 3. The van der Waals surface area contributed by atoms with Gasteiger partial charge in [-0.1, -0.05) is 23.9 Å². The minimum atomic E-state index is -0.551. The number of Topliss-reactive ketones (excluding diaryl/α,β-unsaturated/α-hetero) is 1. The van der Waals surface area contributed by atoms with Crippen molar-refractivity contribution in [1.29, 1.82) is 0 Å². The van der Waals surface area contributed by atoms with Crippen LogP contribution in [0.15, 0.2) is 77.5 Å². The van der Waals surface area contributed by atoms with Gasteiger partial charge in [0.15, 0.2) is 5.78 Å². The molecule has 0 radical (unpaired) electrons. The summed E-state index contributed by atoms with van der Waals surface area (Å²) in [6.07, 6.45) is 3.43. The van der Waals surface area contributed by atoms with Crippen LogP contribution in [0.3, 0.4) is 0 Å². The molecular weight excluding hydrogens is 506 g/mol. The number of aromatic nitrogens is 3. The monoisotopic (exact) mass is 533 g/mol. The average molecular weight is 534 g/mol. The number of carbonyl (C=O) groups excluding carboxylic acids is 2. The van der Waals surface area contributed by atoms with E-state index in [-0.39, 0.29) is 18.0 Å². The Morgan fingerprint density at radius 1 is 1.16 bits per heavy atom. The molecule has 2 N–H and O–H groups in total. The molecule has 0 bridgehead atoms. The number of nitrogens with zero attached hydrogens (tertiary/aromatic N) is 3. The van der Waals surface area contributed by atoms with Crippen LogP contribution in [0.4, 0.5) is 11.6 Å². The molecule has 10 nitrogen and oxygen atoms in total. The van der Waals surface area contributed by atoms with Crippen molar-refractivity contribution in [2.24, 2.45) is 0 Å². The number of allylic oxidation sites excluding steroid dienone is 1. The van der Waals surface area contributed by atoms with Gasteiger partial charge in [0, 0.05) is 29.1 Å². The van der Waals surface area contributed by atoms with Gasteiger partial charge in [-0.2, -0.15) is 4.98 Å². The Balaban J connectivity index is 1.43. The Morgan fingerprint density at radius 3 is 2.63 bits per heavy atom. The highest BCUT2D eigenvalue weighted by Gasteiger charge is 2.34. The van der Waals surface area contributed by atoms with Crippen LogP contribution in [0.5, 0.6) is 5.75 Å². The standard InChI is InChI=1S/C27H27N5O5S/c1-16-23(25(34)29-20-9-7-18(8-10-20)17(2)33)24(19-5-4-6-21(15-19)35-3)32-26(28-16)30-27(31-32)38-14-11-22-36-12-13-37-22/h4-10,12-13,15,22,24H,11,14H2,1-3H3,(H,29,34)(H,28,30,31). The molecule has 1 atom stereocenters. The SMILES string of the molecule is COc1cccc(C2C(C(=O)Nc3ccc(C(C)=O)cc3)=C(C)Nc3nc(SCCC4OC=CO4)nn32)c1. The second kappa shape index (κ2) is 11.0. The van der Waals surface area contributed by atoms with Crippen molar-refractivity contribution in [2.45, 2.75) is 37.8 Å². The summed E-state index contributed by atoms with van der Waals surface area (Å²) < 4.78 is 17.8. The quantitative estimate of drug-likeness (QED) is 0.297. The van der Waals surface area contributed by atoms with E-state index in [9.17, 15) is 9.59 Å². The van der Waals surface area contributed by atoms with E-state index in [0.717, 1.165) is 5.56 Å². The predicted octanol–water partition coefficient (Wildman–Crippen LogP) is 4.74. The van der Waals surface area contributed by atoms with Crippen LogP contribution in [0.1, 0.15) is 42.2 Å². The molecule has 5 rings (SSSR count). The van der Waals surface area contributed by atoms with Crippen LogP contribution in [0.25, 0.3) is 0 Å². The molecule has 38 heavy (non-hydrogen) atoms. The third-order valence-electron chi connectivity index (χ3n) is 6.14. The van der Waals surface area contributed by atoms with E-state index < -0.39 is 6.04 Å². The highest BCUT2D eigenvalue weighted by Crippen LogP contribution is 2.37. The lowest BCUT2D eigenvalue weighted by atomic mass is 9.94. The maximum absolute atomic E-state index is 13.7. The average Bonchev–Trinajstić information content (AvgIpc) is 3.58. The Kier molecular flexibility index (Phi) is 7.36. The Bertz CT molecular complexity index is 1410. The Morgan fingerprint density at radius 2 is 1.92 bits per heavy atom. The number of methoxy groups -OCH3 is 1. The first-order valence-electron chi connectivity index (χ1n) is 12.0. The van der Waals surface area contributed by atoms with E-state index in [1.54, 1.807) is 36.1 Å². The molecular formula is C27H27N5O5S. The van der Waals surface area contributed by atoms with Gasteiger partial charge in [-0.15, -0.1) is 5.10 Å². The third-order valence-corrected chi connectivity index (χ3v) is 7.01. The highest BCUT2D eigenvalue weighted by atomic mass is 32.2. The molecule has 3 heterocycles. The van der Waals surface area contributed by atoms with E-state index in [1.165, 1.54) is 31.2 Å². The summed E-state index contributed by atoms with van der Waals surface area (Å²) in [5.41, 5.74) is 3.12. The molecule has 3 aromatic rings. The molecule has 0 saturated carbocycles. The number of thioether (sulfide) groups is 1. The minimum Gasteiger partial charge on any atom is -0.497 e. The number of benzene rings is 2. The topological polar surface area (TPSA) is 117 Å². The van der Waals surface area contributed by atoms with Gasteiger partial charge in [0.05, 0.1) is 12.7 Å². The number of anilines is 2. The molecule has 1 unspecified atom stereocenters. The zero-order chi connectivity index (χ0) is 26.6. The number of hydrogen-bond donors (Lipinski definition) is 2. The number of rotatable bonds is 9. The van der Waals surface area contributed by atoms with Crippen LogP contribution in [-0.4, -0.2) is 45.6 Å². The van der Waals surface area contributed by atoms with Gasteiger partial charge in [-0.3, -0.25) is 9.59 Å². The van der Waals surface area contributed by atoms with Crippen molar-refractivity contribution >= 4 is 35.1 Å². The van der Waals surface area contributed by atoms with Gasteiger partial charge >= 0.3 is 0 Å². The molecule has 0 fully saturated rings. The number of fused-ring (bicyclic) bond motifs is 1. The lowest BCUT2D eigenvalue weighted by Crippen LogP contribution is -2.31. The van der Waals surface area contributed by atoms with Crippen LogP contribution < -0.4 is 15.4 Å². The smallest absolute Gasteiger partial charge is 0.255 e. The van der Waals surface area contributed by atoms with E-state index in [4.69, 9.17) is 19.3 Å². The fourth-order valence-electron chi connectivity index (χ4n) is 4.25. The van der Waals surface area contributed by atoms with E-state index in [0.29, 0.717) is 51.5 Å². The largest absolute Gasteiger partial charge is 0.497 e. The third kappa shape index (κ3) is 5.37. The van der Waals surface area contributed by atoms with Gasteiger partial charge in [-0.25, -0.2) is 4.68 Å². The van der Waals surface area contributed by atoms with Gasteiger partial charge in [0.25, 0.3) is 5.91 Å². The maximum atomic E-state index is 13.7. The van der Waals surface area contributed by atoms with Gasteiger partial charge in [-0.05, 0) is 55.8 Å². The summed E-state index contributed by atoms with van der Waals surface area (Å²) in [7, 11) is 1.60. The molecule has 0 spiro atoms. The van der Waals surface area contributed by atoms with Crippen LogP contribution >= 0.6 is 11.8 Å². The van der Waals surface area contributed by atoms with E-state index in [2.05, 4.69) is 15.6 Å². The second-order valence-electron chi connectivity index (χ2n) is 8.70. The first-order chi connectivity index (χ1) is 18.4. The fraction of sp³-hybridized carbons (Fsp3) is 0.259. The number of hydrogen-bond acceptors (Lipinski definition) is 9. The summed E-state index contributed by atoms with van der Waals surface area (Å²) in [4.78, 5) is 30.0. The number of carbonyl (C=O) groups is 2. The van der Waals surface area contributed by atoms with E-state index >= 15 is 0 Å². The lowest BCUT2D eigenvalue weighted by Gasteiger charge is -2.28. The number of nitrogens with one attached hydrogen (secondary N) is 2. The maximum Gasteiger partial charge on any atom is 0.255 e. The van der Waals surface area contributed by atoms with Crippen molar-refractivity contribution in [2.75, 3.05) is 23.5 Å². The zero-order valence-corrected chi connectivity index (χ0v) is 22.0. The van der Waals surface area contributed by atoms with Gasteiger partial charge < -0.3 is 24.8 Å². The van der Waals surface area contributed by atoms with Crippen LogP contribution in [-0.2, 0) is 14.3 Å². The summed E-state index contributed by atoms with van der Waals surface area (Å²) in [6, 6.07) is 13.8. The molecule has 1 amide bonds. The summed E-state index contributed by atoms with van der Waals surface area (Å²) in [6.45, 7) is 3.34. The lowest BCUT2D eigenvalue weighted by molar-refractivity contribution is -0.113. The van der Waals surface area contributed by atoms with Crippen molar-refractivity contribution < 1.29 is 23.8 Å². The van der Waals surface area contributed by atoms with Gasteiger partial charge in [0.1, 0.15) is 24.3 Å². The molecule has 1 aromatic heterocycles. The summed E-state index contributed by atoms with van der Waals surface area (Å²) in [5.74, 6) is 1.56. The molecule has 2 aliphatic heterocycles. The molecule has 0 saturated heterocycles. The van der Waals surface area contributed by atoms with Crippen molar-refractivity contribution in [1.82, 2.24) is 14.8 Å². The predicted molar refractivity (Wildman–Crippen MR) is 143 cm³/mol. The van der Waals surface area contributed by atoms with Crippen molar-refractivity contribution in [3.8, 4) is 5.75 Å². The van der Waals surface area contributed by atoms with Crippen molar-refractivity contribution in [3.63, 3.8) is 0 Å². The molecule has 196 valence electrons. The normalized spacial score (nSPS) is 16.3. The highest BCUT2D eigenvalue weighted by molar-refractivity contribution is 7.99. The summed E-state index contributed by atoms with van der Waals surface area (Å²) in [5, 5.41) is 11.5. The molecule has 11 heteroatoms. The Labute approximate surface area is 224 Å². The first-order valence-corrected chi connectivity index (χ1v) is 13.0. The number of amides is 1. The van der Waals surface area contributed by atoms with Gasteiger partial charge in [0.2, 0.25) is 17.4 Å². The fourth-order valence-corrected chi connectivity index (χ4v) is 5.04. The molecule has 2 aliphatic rings. The van der Waals surface area contributed by atoms with Crippen LogP contribution in [0, 0.1) is 0 Å².